The smallest absolute Gasteiger partial charge is 0.346 e. The monoisotopic (exact) mass is 190 g/mol. The molecule has 12 heavy (non-hydrogen) atoms. The zero-order valence-electron chi connectivity index (χ0n) is 6.81. The second-order valence-electron chi connectivity index (χ2n) is 2.09. The minimum atomic E-state index is -4.64. The van der Waals surface area contributed by atoms with E-state index in [-0.39, 0.29) is 0 Å². The highest BCUT2D eigenvalue weighted by Gasteiger charge is 2.21. The van der Waals surface area contributed by atoms with Crippen LogP contribution in [0.2, 0.25) is 0 Å². The summed E-state index contributed by atoms with van der Waals surface area (Å²) < 4.78 is 29.4. The molecule has 4 heteroatoms. The van der Waals surface area contributed by atoms with Gasteiger partial charge in [0.25, 0.3) is 0 Å². The normalized spacial score (nSPS) is 8.33. The average Bonchev–Trinajstić information content (AvgIpc) is 2.05. The molecular weight excluding hydrogens is 180 g/mol. The van der Waals surface area contributed by atoms with Crippen LogP contribution < -0.4 is 0 Å². The van der Waals surface area contributed by atoms with Gasteiger partial charge in [0.2, 0.25) is 0 Å². The molecule has 0 aliphatic carbocycles. The molecule has 0 saturated heterocycles. The molecule has 0 fully saturated rings. The van der Waals surface area contributed by atoms with Gasteiger partial charge >= 0.3 is 15.5 Å². The third-order valence-corrected chi connectivity index (χ3v) is 1.25. The van der Waals surface area contributed by atoms with E-state index in [0.717, 1.165) is 6.42 Å². The molecule has 66 valence electrons. The summed E-state index contributed by atoms with van der Waals surface area (Å²) in [5.74, 6) is 0. The molecule has 1 aromatic rings. The maximum absolute atomic E-state index is 9.81. The summed E-state index contributed by atoms with van der Waals surface area (Å²) in [7, 11) is 0. The van der Waals surface area contributed by atoms with Gasteiger partial charge in [-0.2, -0.15) is 0 Å². The molecule has 0 atom stereocenters. The van der Waals surface area contributed by atoms with Gasteiger partial charge in [-0.3, -0.25) is 0 Å². The number of benzene rings is 1. The number of hydrogen-bond acceptors (Lipinski definition) is 0. The van der Waals surface area contributed by atoms with Crippen molar-refractivity contribution < 1.29 is 10.6 Å². The predicted molar refractivity (Wildman–Crippen MR) is 44.9 cm³/mol. The lowest BCUT2D eigenvalue weighted by molar-refractivity contribution is 0.535. The number of aryl methyl sites for hydroxylation is 1. The molecule has 0 N–H and O–H groups in total. The van der Waals surface area contributed by atoms with Crippen molar-refractivity contribution in [2.75, 3.05) is 0 Å². The highest BCUT2D eigenvalue weighted by Crippen LogP contribution is 1.96. The third kappa shape index (κ3) is 7.65. The highest BCUT2D eigenvalue weighted by molar-refractivity contribution is 6.33. The maximum atomic E-state index is 9.81. The summed E-state index contributed by atoms with van der Waals surface area (Å²) in [5, 5.41) is 0. The van der Waals surface area contributed by atoms with Gasteiger partial charge in [-0.1, -0.05) is 37.3 Å². The van der Waals surface area contributed by atoms with E-state index >= 15 is 0 Å². The molecule has 0 aliphatic rings. The van der Waals surface area contributed by atoms with Crippen molar-refractivity contribution in [1.82, 2.24) is 0 Å². The van der Waals surface area contributed by atoms with Crippen molar-refractivity contribution in [3.05, 3.63) is 35.9 Å². The fourth-order valence-corrected chi connectivity index (χ4v) is 0.714. The van der Waals surface area contributed by atoms with Crippen LogP contribution in [0.4, 0.5) is 10.6 Å². The quantitative estimate of drug-likeness (QED) is 0.597. The summed E-state index contributed by atoms with van der Waals surface area (Å²) in [6, 6.07) is 10.5. The Bertz CT molecular complexity index is 186. The van der Waals surface area contributed by atoms with Crippen LogP contribution in [0.25, 0.3) is 0 Å². The lowest BCUT2D eigenvalue weighted by Crippen LogP contribution is -1.76. The van der Waals surface area contributed by atoms with Crippen molar-refractivity contribution in [3.63, 3.8) is 0 Å². The largest absolute Gasteiger partial charge is 1.04 e. The first kappa shape index (κ1) is 11.5. The minimum Gasteiger partial charge on any atom is -0.346 e. The zero-order chi connectivity index (χ0) is 9.40. The van der Waals surface area contributed by atoms with E-state index in [0.29, 0.717) is 0 Å². The topological polar surface area (TPSA) is 0 Å². The number of halogens is 3. The van der Waals surface area contributed by atoms with Crippen molar-refractivity contribution >= 4 is 15.5 Å². The van der Waals surface area contributed by atoms with E-state index in [1.165, 1.54) is 5.56 Å². The SMILES string of the molecule is CCc1ccccc1.[F][Al]([F])[F]. The molecular formula is C8H10AlF3. The van der Waals surface area contributed by atoms with Crippen molar-refractivity contribution in [2.45, 2.75) is 13.3 Å². The number of rotatable bonds is 1. The van der Waals surface area contributed by atoms with Crippen LogP contribution in [-0.2, 0) is 6.42 Å². The lowest BCUT2D eigenvalue weighted by atomic mass is 10.2. The summed E-state index contributed by atoms with van der Waals surface area (Å²) in [6.45, 7) is 2.16. The van der Waals surface area contributed by atoms with E-state index in [2.05, 4.69) is 31.2 Å². The third-order valence-electron chi connectivity index (χ3n) is 1.25. The Morgan fingerprint density at radius 1 is 1.08 bits per heavy atom. The van der Waals surface area contributed by atoms with E-state index in [9.17, 15) is 10.6 Å². The fourth-order valence-electron chi connectivity index (χ4n) is 0.714. The Kier molecular flexibility index (Phi) is 6.93. The Labute approximate surface area is 75.8 Å². The van der Waals surface area contributed by atoms with Crippen LogP contribution >= 0.6 is 0 Å². The van der Waals surface area contributed by atoms with E-state index in [1.807, 2.05) is 6.07 Å². The van der Waals surface area contributed by atoms with Gasteiger partial charge in [0.1, 0.15) is 0 Å². The van der Waals surface area contributed by atoms with Gasteiger partial charge in [0.15, 0.2) is 0 Å². The molecule has 0 saturated carbocycles. The van der Waals surface area contributed by atoms with Gasteiger partial charge in [-0.05, 0) is 12.0 Å². The van der Waals surface area contributed by atoms with Gasteiger partial charge in [0, 0.05) is 0 Å². The van der Waals surface area contributed by atoms with E-state index in [4.69, 9.17) is 0 Å². The van der Waals surface area contributed by atoms with Crippen LogP contribution in [-0.4, -0.2) is 15.5 Å². The molecule has 1 rings (SSSR count). The van der Waals surface area contributed by atoms with Crippen molar-refractivity contribution in [2.24, 2.45) is 0 Å². The first-order chi connectivity index (χ1) is 5.66. The molecule has 0 radical (unpaired) electrons. The minimum absolute atomic E-state index is 1.14. The summed E-state index contributed by atoms with van der Waals surface area (Å²) in [5.41, 5.74) is 1.41. The molecule has 0 nitrogen and oxygen atoms in total. The van der Waals surface area contributed by atoms with E-state index in [1.54, 1.807) is 0 Å². The fraction of sp³-hybridized carbons (Fsp3) is 0.250. The van der Waals surface area contributed by atoms with Crippen molar-refractivity contribution in [1.29, 1.82) is 0 Å². The van der Waals surface area contributed by atoms with Gasteiger partial charge < -0.3 is 10.6 Å². The van der Waals surface area contributed by atoms with Gasteiger partial charge in [0.05, 0.1) is 0 Å². The van der Waals surface area contributed by atoms with Crippen LogP contribution in [0.15, 0.2) is 30.3 Å². The Morgan fingerprint density at radius 2 is 1.50 bits per heavy atom. The van der Waals surface area contributed by atoms with Crippen LogP contribution in [0, 0.1) is 0 Å². The van der Waals surface area contributed by atoms with Gasteiger partial charge in [-0.15, -0.1) is 0 Å². The molecule has 0 unspecified atom stereocenters. The summed E-state index contributed by atoms with van der Waals surface area (Å²) in [4.78, 5) is 0. The van der Waals surface area contributed by atoms with Gasteiger partial charge in [-0.25, -0.2) is 0 Å². The average molecular weight is 190 g/mol. The predicted octanol–water partition coefficient (Wildman–Crippen LogP) is 3.13. The molecule has 0 aromatic heterocycles. The molecule has 0 heterocycles. The van der Waals surface area contributed by atoms with Crippen molar-refractivity contribution in [3.8, 4) is 0 Å². The van der Waals surface area contributed by atoms with E-state index < -0.39 is 15.5 Å². The summed E-state index contributed by atoms with van der Waals surface area (Å²) in [6.07, 6.45) is 1.14. The van der Waals surface area contributed by atoms with Crippen LogP contribution in [0.1, 0.15) is 12.5 Å². The standard InChI is InChI=1S/C8H10.Al.3FH/c1-2-8-6-4-3-5-7-8;;;;/h3-7H,2H2,1H3;;3*1H/q;+3;;;/p-3. The summed E-state index contributed by atoms with van der Waals surface area (Å²) >= 11 is -4.64. The maximum Gasteiger partial charge on any atom is 1.04 e. The second-order valence-corrected chi connectivity index (χ2v) is 2.58. The number of hydrogen-bond donors (Lipinski definition) is 0. The highest BCUT2D eigenvalue weighted by atomic mass is 27.3. The second kappa shape index (κ2) is 7.21. The molecule has 0 aliphatic heterocycles. The first-order valence-electron chi connectivity index (χ1n) is 3.63. The zero-order valence-corrected chi connectivity index (χ0v) is 7.96. The molecule has 1 aromatic carbocycles. The Morgan fingerprint density at radius 3 is 1.75 bits per heavy atom. The molecule has 0 bridgehead atoms. The lowest BCUT2D eigenvalue weighted by Gasteiger charge is -1.89. The van der Waals surface area contributed by atoms with Crippen LogP contribution in [0.5, 0.6) is 0 Å². The molecule has 0 spiro atoms. The Balaban J connectivity index is 0.000000261. The first-order valence-corrected chi connectivity index (χ1v) is 4.94. The Hall–Kier alpha value is -0.458. The van der Waals surface area contributed by atoms with Crippen LogP contribution in [0.3, 0.4) is 0 Å². The molecule has 0 amide bonds.